The third-order valence-electron chi connectivity index (χ3n) is 3.39. The zero-order valence-electron chi connectivity index (χ0n) is 13.9. The predicted octanol–water partition coefficient (Wildman–Crippen LogP) is 3.78. The third-order valence-corrected chi connectivity index (χ3v) is 4.20. The van der Waals surface area contributed by atoms with Crippen molar-refractivity contribution in [1.29, 1.82) is 0 Å². The lowest BCUT2D eigenvalue weighted by Gasteiger charge is -2.05. The number of methoxy groups -OCH3 is 1. The van der Waals surface area contributed by atoms with E-state index in [4.69, 9.17) is 4.74 Å². The minimum absolute atomic E-state index is 0.115. The summed E-state index contributed by atoms with van der Waals surface area (Å²) in [5, 5.41) is 8.58. The Labute approximate surface area is 149 Å². The number of ether oxygens (including phenoxy) is 1. The molecule has 7 heteroatoms. The van der Waals surface area contributed by atoms with Crippen LogP contribution in [0.3, 0.4) is 0 Å². The summed E-state index contributed by atoms with van der Waals surface area (Å²) in [5.74, 6) is 1.37. The molecule has 0 unspecified atom stereocenters. The van der Waals surface area contributed by atoms with Crippen LogP contribution in [0.25, 0.3) is 0 Å². The van der Waals surface area contributed by atoms with Crippen LogP contribution in [0, 0.1) is 6.92 Å². The van der Waals surface area contributed by atoms with Crippen LogP contribution in [0.5, 0.6) is 5.75 Å². The van der Waals surface area contributed by atoms with Gasteiger partial charge in [-0.3, -0.25) is 4.79 Å². The van der Waals surface area contributed by atoms with Gasteiger partial charge in [0.1, 0.15) is 11.6 Å². The number of benzene rings is 1. The molecule has 1 aromatic carbocycles. The van der Waals surface area contributed by atoms with E-state index in [-0.39, 0.29) is 12.3 Å². The van der Waals surface area contributed by atoms with Crippen LogP contribution >= 0.6 is 11.3 Å². The number of amides is 1. The molecule has 0 radical (unpaired) electrons. The Hall–Kier alpha value is -2.93. The minimum Gasteiger partial charge on any atom is -0.497 e. The Kier molecular flexibility index (Phi) is 5.25. The first-order valence-electron chi connectivity index (χ1n) is 7.71. The summed E-state index contributed by atoms with van der Waals surface area (Å²) >= 11 is 1.44. The first-order valence-corrected chi connectivity index (χ1v) is 8.59. The standard InChI is InChI=1S/C18H18N4O2S/c1-12-4-3-5-16(19-12)22-18-21-14(11-25-18)10-17(23)20-13-6-8-15(24-2)9-7-13/h3-9,11H,10H2,1-2H3,(H,20,23)(H,19,21,22). The molecule has 2 N–H and O–H groups in total. The predicted molar refractivity (Wildman–Crippen MR) is 99.7 cm³/mol. The molecule has 2 heterocycles. The van der Waals surface area contributed by atoms with Crippen molar-refractivity contribution in [3.05, 3.63) is 59.2 Å². The molecule has 0 saturated heterocycles. The highest BCUT2D eigenvalue weighted by molar-refractivity contribution is 7.13. The monoisotopic (exact) mass is 354 g/mol. The number of rotatable bonds is 6. The summed E-state index contributed by atoms with van der Waals surface area (Å²) in [6.45, 7) is 1.93. The van der Waals surface area contributed by atoms with Gasteiger partial charge in [-0.25, -0.2) is 9.97 Å². The Balaban J connectivity index is 1.57. The van der Waals surface area contributed by atoms with Crippen LogP contribution in [0.2, 0.25) is 0 Å². The number of thiazole rings is 1. The van der Waals surface area contributed by atoms with Crippen LogP contribution in [-0.2, 0) is 11.2 Å². The van der Waals surface area contributed by atoms with E-state index in [1.807, 2.05) is 30.5 Å². The van der Waals surface area contributed by atoms with Gasteiger partial charge in [0, 0.05) is 16.8 Å². The number of pyridine rings is 1. The maximum atomic E-state index is 12.1. The van der Waals surface area contributed by atoms with E-state index in [1.165, 1.54) is 11.3 Å². The van der Waals surface area contributed by atoms with Crippen molar-refractivity contribution in [2.45, 2.75) is 13.3 Å². The van der Waals surface area contributed by atoms with Gasteiger partial charge in [-0.1, -0.05) is 6.07 Å². The average molecular weight is 354 g/mol. The van der Waals surface area contributed by atoms with Crippen LogP contribution in [-0.4, -0.2) is 23.0 Å². The Morgan fingerprint density at radius 2 is 1.96 bits per heavy atom. The lowest BCUT2D eigenvalue weighted by atomic mass is 10.2. The summed E-state index contributed by atoms with van der Waals surface area (Å²) in [5.41, 5.74) is 2.37. The molecule has 0 aliphatic heterocycles. The van der Waals surface area contributed by atoms with Gasteiger partial charge in [-0.2, -0.15) is 0 Å². The molecule has 0 aliphatic carbocycles. The number of hydrogen-bond donors (Lipinski definition) is 2. The number of carbonyl (C=O) groups is 1. The quantitative estimate of drug-likeness (QED) is 0.704. The summed E-state index contributed by atoms with van der Waals surface area (Å²) < 4.78 is 5.10. The average Bonchev–Trinajstić information content (AvgIpc) is 3.02. The molecule has 0 bridgehead atoms. The molecule has 6 nitrogen and oxygen atoms in total. The normalized spacial score (nSPS) is 10.3. The number of hydrogen-bond acceptors (Lipinski definition) is 6. The number of nitrogens with one attached hydrogen (secondary N) is 2. The van der Waals surface area contributed by atoms with Gasteiger partial charge in [0.15, 0.2) is 5.13 Å². The van der Waals surface area contributed by atoms with Crippen molar-refractivity contribution in [3.8, 4) is 5.75 Å². The molecular formula is C18H18N4O2S. The first kappa shape index (κ1) is 16.9. The van der Waals surface area contributed by atoms with Gasteiger partial charge in [0.25, 0.3) is 0 Å². The molecule has 1 amide bonds. The van der Waals surface area contributed by atoms with Crippen molar-refractivity contribution in [2.75, 3.05) is 17.7 Å². The molecule has 0 saturated carbocycles. The SMILES string of the molecule is COc1ccc(NC(=O)Cc2csc(Nc3cccc(C)n3)n2)cc1. The van der Waals surface area contributed by atoms with Gasteiger partial charge in [0.05, 0.1) is 19.2 Å². The second-order valence-electron chi connectivity index (χ2n) is 5.39. The van der Waals surface area contributed by atoms with E-state index < -0.39 is 0 Å². The summed E-state index contributed by atoms with van der Waals surface area (Å²) in [6, 6.07) is 12.9. The minimum atomic E-state index is -0.115. The van der Waals surface area contributed by atoms with Gasteiger partial charge < -0.3 is 15.4 Å². The molecule has 0 atom stereocenters. The fourth-order valence-corrected chi connectivity index (χ4v) is 2.93. The van der Waals surface area contributed by atoms with Crippen LogP contribution in [0.15, 0.2) is 47.8 Å². The molecule has 0 fully saturated rings. The molecule has 128 valence electrons. The topological polar surface area (TPSA) is 76.1 Å². The fourth-order valence-electron chi connectivity index (χ4n) is 2.21. The number of anilines is 3. The highest BCUT2D eigenvalue weighted by Gasteiger charge is 2.09. The van der Waals surface area contributed by atoms with E-state index in [1.54, 1.807) is 31.4 Å². The summed E-state index contributed by atoms with van der Waals surface area (Å²) in [6.07, 6.45) is 0.214. The lowest BCUT2D eigenvalue weighted by molar-refractivity contribution is -0.115. The third kappa shape index (κ3) is 4.77. The van der Waals surface area contributed by atoms with E-state index in [9.17, 15) is 4.79 Å². The number of carbonyl (C=O) groups excluding carboxylic acids is 1. The number of aromatic nitrogens is 2. The first-order chi connectivity index (χ1) is 12.1. The summed E-state index contributed by atoms with van der Waals surface area (Å²) in [4.78, 5) is 20.9. The molecule has 0 spiro atoms. The largest absolute Gasteiger partial charge is 0.497 e. The Morgan fingerprint density at radius 1 is 1.16 bits per heavy atom. The molecular weight excluding hydrogens is 336 g/mol. The zero-order chi connectivity index (χ0) is 17.6. The Morgan fingerprint density at radius 3 is 2.68 bits per heavy atom. The number of aryl methyl sites for hydroxylation is 1. The van der Waals surface area contributed by atoms with Crippen molar-refractivity contribution >= 4 is 33.9 Å². The van der Waals surface area contributed by atoms with Crippen LogP contribution < -0.4 is 15.4 Å². The molecule has 25 heavy (non-hydrogen) atoms. The summed E-state index contributed by atoms with van der Waals surface area (Å²) in [7, 11) is 1.60. The van der Waals surface area contributed by atoms with Gasteiger partial charge in [-0.05, 0) is 43.3 Å². The zero-order valence-corrected chi connectivity index (χ0v) is 14.8. The molecule has 3 aromatic rings. The van der Waals surface area contributed by atoms with Crippen molar-refractivity contribution in [1.82, 2.24) is 9.97 Å². The smallest absolute Gasteiger partial charge is 0.230 e. The van der Waals surface area contributed by atoms with Gasteiger partial charge in [0.2, 0.25) is 5.91 Å². The van der Waals surface area contributed by atoms with E-state index in [0.29, 0.717) is 10.8 Å². The van der Waals surface area contributed by atoms with Crippen LogP contribution in [0.4, 0.5) is 16.6 Å². The van der Waals surface area contributed by atoms with Crippen molar-refractivity contribution in [2.24, 2.45) is 0 Å². The van der Waals surface area contributed by atoms with E-state index in [0.717, 1.165) is 22.9 Å². The second-order valence-corrected chi connectivity index (χ2v) is 6.24. The van der Waals surface area contributed by atoms with Crippen LogP contribution in [0.1, 0.15) is 11.4 Å². The van der Waals surface area contributed by atoms with E-state index in [2.05, 4.69) is 20.6 Å². The van der Waals surface area contributed by atoms with Gasteiger partial charge >= 0.3 is 0 Å². The number of nitrogens with zero attached hydrogens (tertiary/aromatic N) is 2. The van der Waals surface area contributed by atoms with E-state index >= 15 is 0 Å². The Bertz CT molecular complexity index is 862. The second kappa shape index (κ2) is 7.76. The molecule has 3 rings (SSSR count). The molecule has 0 aliphatic rings. The van der Waals surface area contributed by atoms with Crippen molar-refractivity contribution < 1.29 is 9.53 Å². The maximum Gasteiger partial charge on any atom is 0.230 e. The highest BCUT2D eigenvalue weighted by atomic mass is 32.1. The molecule has 2 aromatic heterocycles. The van der Waals surface area contributed by atoms with Crippen molar-refractivity contribution in [3.63, 3.8) is 0 Å². The maximum absolute atomic E-state index is 12.1. The van der Waals surface area contributed by atoms with Gasteiger partial charge in [-0.15, -0.1) is 11.3 Å². The highest BCUT2D eigenvalue weighted by Crippen LogP contribution is 2.21. The lowest BCUT2D eigenvalue weighted by Crippen LogP contribution is -2.14. The fraction of sp³-hybridized carbons (Fsp3) is 0.167.